The average molecular weight is 475 g/mol. The summed E-state index contributed by atoms with van der Waals surface area (Å²) in [5.41, 5.74) is 3.86. The SMILES string of the molecule is COC(=O)C[C@H](O)CP(=O)(CCc1c(-c2ccc(F)cc2)c2ccccc2n1C(C)C)OC. The lowest BCUT2D eigenvalue weighted by Gasteiger charge is -2.21. The molecular weight excluding hydrogens is 444 g/mol. The first-order valence-electron chi connectivity index (χ1n) is 11.0. The van der Waals surface area contributed by atoms with Crippen LogP contribution in [0.1, 0.15) is 32.0 Å². The van der Waals surface area contributed by atoms with Gasteiger partial charge in [0.1, 0.15) is 5.82 Å². The van der Waals surface area contributed by atoms with Crippen LogP contribution in [-0.2, 0) is 25.0 Å². The van der Waals surface area contributed by atoms with Gasteiger partial charge in [-0.25, -0.2) is 4.39 Å². The number of hydrogen-bond acceptors (Lipinski definition) is 5. The Hall–Kier alpha value is -2.47. The van der Waals surface area contributed by atoms with Gasteiger partial charge in [-0.3, -0.25) is 9.36 Å². The van der Waals surface area contributed by atoms with E-state index in [4.69, 9.17) is 4.52 Å². The van der Waals surface area contributed by atoms with E-state index in [1.807, 2.05) is 24.3 Å². The van der Waals surface area contributed by atoms with Crippen molar-refractivity contribution in [1.82, 2.24) is 4.57 Å². The van der Waals surface area contributed by atoms with Gasteiger partial charge in [0.15, 0.2) is 0 Å². The number of aromatic nitrogens is 1. The summed E-state index contributed by atoms with van der Waals surface area (Å²) < 4.78 is 39.2. The molecule has 8 heteroatoms. The second kappa shape index (κ2) is 10.6. The third kappa shape index (κ3) is 5.72. The van der Waals surface area contributed by atoms with E-state index in [-0.39, 0.29) is 30.6 Å². The Morgan fingerprint density at radius 1 is 1.12 bits per heavy atom. The monoisotopic (exact) mass is 475 g/mol. The molecule has 1 N–H and O–H groups in total. The Balaban J connectivity index is 2.02. The summed E-state index contributed by atoms with van der Waals surface area (Å²) in [4.78, 5) is 11.5. The molecule has 2 aromatic carbocycles. The summed E-state index contributed by atoms with van der Waals surface area (Å²) in [6, 6.07) is 14.5. The number of para-hydroxylation sites is 1. The molecule has 178 valence electrons. The van der Waals surface area contributed by atoms with Crippen LogP contribution in [0.4, 0.5) is 4.39 Å². The maximum atomic E-state index is 13.6. The lowest BCUT2D eigenvalue weighted by atomic mass is 10.0. The van der Waals surface area contributed by atoms with E-state index in [9.17, 15) is 18.9 Å². The van der Waals surface area contributed by atoms with Crippen LogP contribution in [0.25, 0.3) is 22.0 Å². The number of aliphatic hydroxyl groups is 1. The first-order chi connectivity index (χ1) is 15.7. The van der Waals surface area contributed by atoms with Crippen molar-refractivity contribution >= 4 is 24.2 Å². The topological polar surface area (TPSA) is 77.8 Å². The molecule has 33 heavy (non-hydrogen) atoms. The quantitative estimate of drug-likeness (QED) is 0.313. The molecule has 3 aromatic rings. The largest absolute Gasteiger partial charge is 0.469 e. The van der Waals surface area contributed by atoms with Gasteiger partial charge in [-0.2, -0.15) is 0 Å². The maximum Gasteiger partial charge on any atom is 0.308 e. The fourth-order valence-electron chi connectivity index (χ4n) is 4.29. The summed E-state index contributed by atoms with van der Waals surface area (Å²) >= 11 is 0. The number of esters is 1. The van der Waals surface area contributed by atoms with Crippen LogP contribution >= 0.6 is 7.37 Å². The lowest BCUT2D eigenvalue weighted by molar-refractivity contribution is -0.142. The Kier molecular flexibility index (Phi) is 8.11. The Labute approximate surface area is 193 Å². The van der Waals surface area contributed by atoms with Crippen molar-refractivity contribution in [3.63, 3.8) is 0 Å². The third-order valence-corrected chi connectivity index (χ3v) is 8.35. The molecule has 0 aliphatic rings. The molecule has 0 amide bonds. The fraction of sp³-hybridized carbons (Fsp3) is 0.400. The molecule has 0 aliphatic heterocycles. The number of methoxy groups -OCH3 is 1. The zero-order chi connectivity index (χ0) is 24.2. The minimum absolute atomic E-state index is 0.131. The van der Waals surface area contributed by atoms with Crippen LogP contribution in [-0.4, -0.2) is 48.3 Å². The first-order valence-corrected chi connectivity index (χ1v) is 12.9. The van der Waals surface area contributed by atoms with Crippen LogP contribution < -0.4 is 0 Å². The number of aliphatic hydroxyl groups excluding tert-OH is 1. The highest BCUT2D eigenvalue weighted by molar-refractivity contribution is 7.59. The number of ether oxygens (including phenoxy) is 1. The zero-order valence-corrected chi connectivity index (χ0v) is 20.3. The number of fused-ring (bicyclic) bond motifs is 1. The molecule has 1 unspecified atom stereocenters. The molecule has 0 saturated heterocycles. The average Bonchev–Trinajstić information content (AvgIpc) is 3.12. The predicted octanol–water partition coefficient (Wildman–Crippen LogP) is 5.42. The molecule has 0 bridgehead atoms. The van der Waals surface area contributed by atoms with E-state index in [0.717, 1.165) is 27.7 Å². The summed E-state index contributed by atoms with van der Waals surface area (Å²) in [5, 5.41) is 11.3. The predicted molar refractivity (Wildman–Crippen MR) is 128 cm³/mol. The van der Waals surface area contributed by atoms with Crippen molar-refractivity contribution in [3.8, 4) is 11.1 Å². The van der Waals surface area contributed by atoms with Gasteiger partial charge in [0.2, 0.25) is 7.37 Å². The molecular formula is C25H31FNO5P. The summed E-state index contributed by atoms with van der Waals surface area (Å²) in [5.74, 6) is -0.875. The molecule has 6 nitrogen and oxygen atoms in total. The number of benzene rings is 2. The number of halogens is 1. The van der Waals surface area contributed by atoms with Gasteiger partial charge in [-0.1, -0.05) is 30.3 Å². The number of rotatable bonds is 10. The van der Waals surface area contributed by atoms with E-state index in [0.29, 0.717) is 6.42 Å². The van der Waals surface area contributed by atoms with Gasteiger partial charge in [0.25, 0.3) is 0 Å². The highest BCUT2D eigenvalue weighted by Gasteiger charge is 2.29. The summed E-state index contributed by atoms with van der Waals surface area (Å²) in [6.45, 7) is 4.17. The number of carbonyl (C=O) groups excluding carboxylic acids is 1. The molecule has 0 fully saturated rings. The van der Waals surface area contributed by atoms with Crippen molar-refractivity contribution in [1.29, 1.82) is 0 Å². The van der Waals surface area contributed by atoms with Crippen molar-refractivity contribution in [2.75, 3.05) is 26.5 Å². The molecule has 0 aliphatic carbocycles. The smallest absolute Gasteiger partial charge is 0.308 e. The standard InChI is InChI=1S/C25H31FNO5P/c1-17(2)27-22-8-6-5-7-21(22)25(18-9-11-19(26)12-10-18)23(27)13-14-33(30,32-4)16-20(28)15-24(29)31-3/h5-12,17,20,28H,13-16H2,1-4H3/t20-,33?/m0/s1. The van der Waals surface area contributed by atoms with E-state index < -0.39 is 19.4 Å². The molecule has 0 radical (unpaired) electrons. The third-order valence-electron chi connectivity index (χ3n) is 5.80. The highest BCUT2D eigenvalue weighted by Crippen LogP contribution is 2.48. The first kappa shape index (κ1) is 25.2. The zero-order valence-electron chi connectivity index (χ0n) is 19.5. The number of hydrogen-bond donors (Lipinski definition) is 1. The van der Waals surface area contributed by atoms with Crippen LogP contribution in [0.3, 0.4) is 0 Å². The molecule has 0 saturated carbocycles. The van der Waals surface area contributed by atoms with Gasteiger partial charge < -0.3 is 18.9 Å². The van der Waals surface area contributed by atoms with Crippen LogP contribution in [0.15, 0.2) is 48.5 Å². The summed E-state index contributed by atoms with van der Waals surface area (Å²) in [6.07, 6.45) is -0.867. The fourth-order valence-corrected chi connectivity index (χ4v) is 6.12. The highest BCUT2D eigenvalue weighted by atomic mass is 31.2. The van der Waals surface area contributed by atoms with Crippen LogP contribution in [0, 0.1) is 5.82 Å². The van der Waals surface area contributed by atoms with Gasteiger partial charge >= 0.3 is 5.97 Å². The van der Waals surface area contributed by atoms with Gasteiger partial charge in [0, 0.05) is 41.5 Å². The molecule has 3 rings (SSSR count). The van der Waals surface area contributed by atoms with E-state index in [1.54, 1.807) is 12.1 Å². The lowest BCUT2D eigenvalue weighted by Crippen LogP contribution is -2.20. The summed E-state index contributed by atoms with van der Waals surface area (Å²) in [7, 11) is -0.624. The van der Waals surface area contributed by atoms with E-state index in [1.165, 1.54) is 26.4 Å². The second-order valence-electron chi connectivity index (χ2n) is 8.40. The Bertz CT molecular complexity index is 1160. The number of nitrogens with zero attached hydrogens (tertiary/aromatic N) is 1. The number of carbonyl (C=O) groups is 1. The van der Waals surface area contributed by atoms with Gasteiger partial charge in [-0.05, 0) is 44.0 Å². The second-order valence-corrected chi connectivity index (χ2v) is 11.2. The maximum absolute atomic E-state index is 13.6. The van der Waals surface area contributed by atoms with Crippen LogP contribution in [0.2, 0.25) is 0 Å². The van der Waals surface area contributed by atoms with Crippen LogP contribution in [0.5, 0.6) is 0 Å². The van der Waals surface area contributed by atoms with E-state index in [2.05, 4.69) is 23.2 Å². The van der Waals surface area contributed by atoms with Crippen molar-refractivity contribution < 1.29 is 28.1 Å². The van der Waals surface area contributed by atoms with E-state index >= 15 is 0 Å². The van der Waals surface area contributed by atoms with Crippen molar-refractivity contribution in [2.45, 2.75) is 38.8 Å². The Morgan fingerprint density at radius 3 is 2.39 bits per heavy atom. The minimum Gasteiger partial charge on any atom is -0.469 e. The molecule has 1 heterocycles. The van der Waals surface area contributed by atoms with Crippen molar-refractivity contribution in [2.24, 2.45) is 0 Å². The molecule has 1 aromatic heterocycles. The van der Waals surface area contributed by atoms with Crippen molar-refractivity contribution in [3.05, 3.63) is 60.0 Å². The minimum atomic E-state index is -3.23. The molecule has 2 atom stereocenters. The normalized spacial score (nSPS) is 14.4. The van der Waals surface area contributed by atoms with Gasteiger partial charge in [-0.15, -0.1) is 0 Å². The Morgan fingerprint density at radius 2 is 1.79 bits per heavy atom. The van der Waals surface area contributed by atoms with Gasteiger partial charge in [0.05, 0.1) is 25.8 Å². The molecule has 0 spiro atoms.